The third kappa shape index (κ3) is 3.36. The van der Waals surface area contributed by atoms with Gasteiger partial charge in [0.25, 0.3) is 5.91 Å². The van der Waals surface area contributed by atoms with Crippen LogP contribution in [0.2, 0.25) is 0 Å². The fraction of sp³-hybridized carbons (Fsp3) is 0.474. The van der Waals surface area contributed by atoms with Crippen LogP contribution in [0, 0.1) is 0 Å². The van der Waals surface area contributed by atoms with Crippen LogP contribution in [0.25, 0.3) is 0 Å². The molecule has 2 unspecified atom stereocenters. The highest BCUT2D eigenvalue weighted by atomic mass is 16.5. The molecule has 126 valence electrons. The summed E-state index contributed by atoms with van der Waals surface area (Å²) >= 11 is 0. The molecule has 1 aromatic carbocycles. The standard InChI is InChI=1S/C19H23N3O2/c1-13-9-16(12-22(13)11-14-5-3-2-4-6-14)20-19(23)17-10-18(24-21-17)15-7-8-15/h2-6,10,13,15-16H,7-9,11-12H2,1H3,(H,20,23). The normalized spacial score (nSPS) is 24.2. The second-order valence-electron chi connectivity index (χ2n) is 7.06. The van der Waals surface area contributed by atoms with Gasteiger partial charge in [0.05, 0.1) is 0 Å². The Labute approximate surface area is 142 Å². The number of carbonyl (C=O) groups excluding carboxylic acids is 1. The fourth-order valence-electron chi connectivity index (χ4n) is 3.46. The first-order chi connectivity index (χ1) is 11.7. The Hall–Kier alpha value is -2.14. The molecular weight excluding hydrogens is 302 g/mol. The minimum absolute atomic E-state index is 0.121. The molecule has 5 nitrogen and oxygen atoms in total. The lowest BCUT2D eigenvalue weighted by Gasteiger charge is -2.20. The average molecular weight is 325 g/mol. The van der Waals surface area contributed by atoms with E-state index < -0.39 is 0 Å². The zero-order chi connectivity index (χ0) is 16.5. The molecule has 1 aliphatic heterocycles. The summed E-state index contributed by atoms with van der Waals surface area (Å²) in [4.78, 5) is 14.8. The number of nitrogens with zero attached hydrogens (tertiary/aromatic N) is 2. The number of rotatable bonds is 5. The van der Waals surface area contributed by atoms with Gasteiger partial charge in [-0.15, -0.1) is 0 Å². The summed E-state index contributed by atoms with van der Waals surface area (Å²) in [6.45, 7) is 4.01. The fourth-order valence-corrected chi connectivity index (χ4v) is 3.46. The summed E-state index contributed by atoms with van der Waals surface area (Å²) in [6, 6.07) is 12.9. The number of aromatic nitrogens is 1. The molecule has 0 bridgehead atoms. The van der Waals surface area contributed by atoms with Crippen molar-refractivity contribution >= 4 is 5.91 Å². The minimum Gasteiger partial charge on any atom is -0.360 e. The van der Waals surface area contributed by atoms with Gasteiger partial charge < -0.3 is 9.84 Å². The van der Waals surface area contributed by atoms with Crippen molar-refractivity contribution in [3.05, 3.63) is 53.4 Å². The summed E-state index contributed by atoms with van der Waals surface area (Å²) in [5, 5.41) is 7.04. The van der Waals surface area contributed by atoms with E-state index in [0.717, 1.165) is 38.1 Å². The smallest absolute Gasteiger partial charge is 0.273 e. The summed E-state index contributed by atoms with van der Waals surface area (Å²) in [7, 11) is 0. The van der Waals surface area contributed by atoms with Crippen LogP contribution in [0.4, 0.5) is 0 Å². The lowest BCUT2D eigenvalue weighted by molar-refractivity contribution is 0.0928. The number of hydrogen-bond donors (Lipinski definition) is 1. The molecular formula is C19H23N3O2. The van der Waals surface area contributed by atoms with Crippen molar-refractivity contribution in [1.82, 2.24) is 15.4 Å². The Morgan fingerprint density at radius 1 is 1.33 bits per heavy atom. The molecule has 4 rings (SSSR count). The van der Waals surface area contributed by atoms with E-state index in [1.807, 2.05) is 6.07 Å². The number of likely N-dealkylation sites (tertiary alicyclic amines) is 1. The maximum Gasteiger partial charge on any atom is 0.273 e. The Morgan fingerprint density at radius 3 is 2.88 bits per heavy atom. The molecule has 1 saturated heterocycles. The first-order valence-corrected chi connectivity index (χ1v) is 8.74. The SMILES string of the molecule is CC1CC(NC(=O)c2cc(C3CC3)on2)CN1Cc1ccccc1. The molecule has 5 heteroatoms. The molecule has 1 amide bonds. The van der Waals surface area contributed by atoms with Crippen LogP contribution in [-0.2, 0) is 6.54 Å². The molecule has 0 radical (unpaired) electrons. The van der Waals surface area contributed by atoms with E-state index in [1.165, 1.54) is 5.56 Å². The number of benzene rings is 1. The van der Waals surface area contributed by atoms with E-state index >= 15 is 0 Å². The predicted molar refractivity (Wildman–Crippen MR) is 90.7 cm³/mol. The Bertz CT molecular complexity index is 708. The lowest BCUT2D eigenvalue weighted by atomic mass is 10.2. The van der Waals surface area contributed by atoms with Gasteiger partial charge >= 0.3 is 0 Å². The Kier molecular flexibility index (Phi) is 4.10. The van der Waals surface area contributed by atoms with Gasteiger partial charge in [-0.3, -0.25) is 9.69 Å². The van der Waals surface area contributed by atoms with Crippen molar-refractivity contribution < 1.29 is 9.32 Å². The highest BCUT2D eigenvalue weighted by Crippen LogP contribution is 2.40. The summed E-state index contributed by atoms with van der Waals surface area (Å²) in [6.07, 6.45) is 3.25. The van der Waals surface area contributed by atoms with Gasteiger partial charge in [0, 0.05) is 37.2 Å². The monoisotopic (exact) mass is 325 g/mol. The number of hydrogen-bond acceptors (Lipinski definition) is 4. The molecule has 1 aliphatic carbocycles. The second kappa shape index (κ2) is 6.40. The first-order valence-electron chi connectivity index (χ1n) is 8.74. The third-order valence-electron chi connectivity index (χ3n) is 5.01. The molecule has 2 aromatic rings. The summed E-state index contributed by atoms with van der Waals surface area (Å²) in [5.41, 5.74) is 1.72. The number of amides is 1. The van der Waals surface area contributed by atoms with E-state index in [2.05, 4.69) is 46.6 Å². The van der Waals surface area contributed by atoms with Crippen LogP contribution in [0.5, 0.6) is 0 Å². The molecule has 24 heavy (non-hydrogen) atoms. The van der Waals surface area contributed by atoms with Gasteiger partial charge in [0.15, 0.2) is 5.69 Å². The zero-order valence-electron chi connectivity index (χ0n) is 13.9. The van der Waals surface area contributed by atoms with Gasteiger partial charge in [-0.25, -0.2) is 0 Å². The van der Waals surface area contributed by atoms with E-state index in [0.29, 0.717) is 17.7 Å². The second-order valence-corrected chi connectivity index (χ2v) is 7.06. The minimum atomic E-state index is -0.121. The van der Waals surface area contributed by atoms with Crippen molar-refractivity contribution in [2.75, 3.05) is 6.54 Å². The number of carbonyl (C=O) groups is 1. The van der Waals surface area contributed by atoms with E-state index in [9.17, 15) is 4.79 Å². The van der Waals surface area contributed by atoms with Crippen molar-refractivity contribution in [3.8, 4) is 0 Å². The summed E-state index contributed by atoms with van der Waals surface area (Å²) in [5.74, 6) is 1.21. The topological polar surface area (TPSA) is 58.4 Å². The van der Waals surface area contributed by atoms with Crippen LogP contribution in [0.3, 0.4) is 0 Å². The molecule has 2 fully saturated rings. The molecule has 1 aromatic heterocycles. The van der Waals surface area contributed by atoms with Crippen LogP contribution >= 0.6 is 0 Å². The van der Waals surface area contributed by atoms with E-state index in [-0.39, 0.29) is 11.9 Å². The van der Waals surface area contributed by atoms with Gasteiger partial charge in [0.1, 0.15) is 5.76 Å². The highest BCUT2D eigenvalue weighted by Gasteiger charge is 2.32. The molecule has 2 aliphatic rings. The van der Waals surface area contributed by atoms with Crippen molar-refractivity contribution in [1.29, 1.82) is 0 Å². The van der Waals surface area contributed by atoms with E-state index in [1.54, 1.807) is 6.07 Å². The highest BCUT2D eigenvalue weighted by molar-refractivity contribution is 5.92. The largest absolute Gasteiger partial charge is 0.360 e. The van der Waals surface area contributed by atoms with E-state index in [4.69, 9.17) is 4.52 Å². The van der Waals surface area contributed by atoms with Gasteiger partial charge in [-0.2, -0.15) is 0 Å². The van der Waals surface area contributed by atoms with Crippen LogP contribution in [0.1, 0.15) is 53.9 Å². The van der Waals surface area contributed by atoms with Crippen LogP contribution in [-0.4, -0.2) is 34.6 Å². The maximum atomic E-state index is 12.4. The van der Waals surface area contributed by atoms with Crippen molar-refractivity contribution in [2.45, 2.75) is 50.7 Å². The van der Waals surface area contributed by atoms with Gasteiger partial charge in [0.2, 0.25) is 0 Å². The van der Waals surface area contributed by atoms with Crippen molar-refractivity contribution in [2.24, 2.45) is 0 Å². The zero-order valence-corrected chi connectivity index (χ0v) is 13.9. The third-order valence-corrected chi connectivity index (χ3v) is 5.01. The Morgan fingerprint density at radius 2 is 2.12 bits per heavy atom. The van der Waals surface area contributed by atoms with Crippen LogP contribution < -0.4 is 5.32 Å². The van der Waals surface area contributed by atoms with Gasteiger partial charge in [-0.05, 0) is 31.7 Å². The van der Waals surface area contributed by atoms with Crippen molar-refractivity contribution in [3.63, 3.8) is 0 Å². The van der Waals surface area contributed by atoms with Crippen LogP contribution in [0.15, 0.2) is 40.9 Å². The maximum absolute atomic E-state index is 12.4. The molecule has 1 saturated carbocycles. The first kappa shape index (κ1) is 15.4. The summed E-state index contributed by atoms with van der Waals surface area (Å²) < 4.78 is 5.27. The average Bonchev–Trinajstić information content (AvgIpc) is 3.21. The Balaban J connectivity index is 1.34. The molecule has 2 heterocycles. The quantitative estimate of drug-likeness (QED) is 0.918. The lowest BCUT2D eigenvalue weighted by Crippen LogP contribution is -2.37. The predicted octanol–water partition coefficient (Wildman–Crippen LogP) is 2.94. The number of nitrogens with one attached hydrogen (secondary N) is 1. The molecule has 1 N–H and O–H groups in total. The molecule has 2 atom stereocenters. The molecule has 0 spiro atoms. The van der Waals surface area contributed by atoms with Gasteiger partial charge in [-0.1, -0.05) is 35.5 Å².